The summed E-state index contributed by atoms with van der Waals surface area (Å²) in [6.45, 7) is 0.515. The maximum Gasteiger partial charge on any atom is 0.331 e. The zero-order valence-electron chi connectivity index (χ0n) is 17.8. The molecule has 1 fully saturated rings. The van der Waals surface area contributed by atoms with Gasteiger partial charge in [0.25, 0.3) is 5.56 Å². The molecule has 2 aromatic carbocycles. The molecule has 3 aromatic rings. The molecule has 32 heavy (non-hydrogen) atoms. The van der Waals surface area contributed by atoms with Crippen LogP contribution in [0.3, 0.4) is 0 Å². The standard InChI is InChI=1S/C23H23BrN2O6/c1-30-20-10-17-18(11-21(20)31-2)25(13-19(27)14-5-7-15(24)8-6-14)23(29)26(22(17)28)12-16-4-3-9-32-16/h5-8,10-11,16H,3-4,9,12-13H2,1-2H3/t16-/m1/s1. The topological polar surface area (TPSA) is 88.8 Å². The van der Waals surface area contributed by atoms with Gasteiger partial charge in [0, 0.05) is 22.7 Å². The van der Waals surface area contributed by atoms with E-state index in [-0.39, 0.29) is 30.4 Å². The fraction of sp³-hybridized carbons (Fsp3) is 0.348. The number of benzene rings is 2. The molecule has 1 atom stereocenters. The van der Waals surface area contributed by atoms with Gasteiger partial charge < -0.3 is 14.2 Å². The molecule has 4 rings (SSSR count). The van der Waals surface area contributed by atoms with Crippen LogP contribution in [-0.2, 0) is 17.8 Å². The Bertz CT molecular complexity index is 1270. The number of Topliss-reactive ketones (excluding diaryl/α,β-unsaturated/α-hetero) is 1. The molecule has 0 radical (unpaired) electrons. The number of rotatable bonds is 7. The van der Waals surface area contributed by atoms with Gasteiger partial charge in [-0.15, -0.1) is 0 Å². The molecule has 1 aliphatic heterocycles. The van der Waals surface area contributed by atoms with Gasteiger partial charge in [0.1, 0.15) is 0 Å². The lowest BCUT2D eigenvalue weighted by Gasteiger charge is -2.17. The molecule has 8 nitrogen and oxygen atoms in total. The molecule has 0 bridgehead atoms. The summed E-state index contributed by atoms with van der Waals surface area (Å²) in [4.78, 5) is 39.7. The smallest absolute Gasteiger partial charge is 0.331 e. The lowest BCUT2D eigenvalue weighted by Crippen LogP contribution is -2.43. The second-order valence-electron chi connectivity index (χ2n) is 7.57. The zero-order chi connectivity index (χ0) is 22.8. The molecule has 1 aromatic heterocycles. The molecule has 1 saturated heterocycles. The van der Waals surface area contributed by atoms with Crippen LogP contribution >= 0.6 is 15.9 Å². The number of nitrogens with zero attached hydrogens (tertiary/aromatic N) is 2. The van der Waals surface area contributed by atoms with Crippen molar-refractivity contribution in [1.82, 2.24) is 9.13 Å². The summed E-state index contributed by atoms with van der Waals surface area (Å²) in [5, 5.41) is 0.267. The van der Waals surface area contributed by atoms with Gasteiger partial charge in [-0.2, -0.15) is 0 Å². The molecule has 1 aliphatic rings. The lowest BCUT2D eigenvalue weighted by atomic mass is 10.1. The Labute approximate surface area is 192 Å². The first kappa shape index (κ1) is 22.3. The van der Waals surface area contributed by atoms with E-state index in [1.54, 1.807) is 36.4 Å². The first-order chi connectivity index (χ1) is 15.4. The van der Waals surface area contributed by atoms with Gasteiger partial charge in [0.2, 0.25) is 0 Å². The lowest BCUT2D eigenvalue weighted by molar-refractivity contribution is 0.0939. The van der Waals surface area contributed by atoms with Crippen LogP contribution < -0.4 is 20.7 Å². The summed E-state index contributed by atoms with van der Waals surface area (Å²) in [6, 6.07) is 10.0. The predicted octanol–water partition coefficient (Wildman–Crippen LogP) is 3.00. The van der Waals surface area contributed by atoms with Gasteiger partial charge in [0.05, 0.1) is 44.3 Å². The number of fused-ring (bicyclic) bond motifs is 1. The van der Waals surface area contributed by atoms with Crippen molar-refractivity contribution in [1.29, 1.82) is 0 Å². The van der Waals surface area contributed by atoms with Crippen LogP contribution in [0.15, 0.2) is 50.5 Å². The van der Waals surface area contributed by atoms with E-state index in [2.05, 4.69) is 15.9 Å². The second kappa shape index (κ2) is 9.30. The number of hydrogen-bond donors (Lipinski definition) is 0. The average molecular weight is 503 g/mol. The van der Waals surface area contributed by atoms with Gasteiger partial charge in [-0.25, -0.2) is 4.79 Å². The van der Waals surface area contributed by atoms with Crippen molar-refractivity contribution in [2.24, 2.45) is 0 Å². The van der Waals surface area contributed by atoms with Crippen LogP contribution in [0.4, 0.5) is 0 Å². The first-order valence-corrected chi connectivity index (χ1v) is 11.0. The summed E-state index contributed by atoms with van der Waals surface area (Å²) >= 11 is 3.35. The van der Waals surface area contributed by atoms with E-state index in [1.165, 1.54) is 18.8 Å². The Morgan fingerprint density at radius 3 is 2.41 bits per heavy atom. The summed E-state index contributed by atoms with van der Waals surface area (Å²) < 4.78 is 19.7. The number of halogens is 1. The first-order valence-electron chi connectivity index (χ1n) is 10.2. The molecule has 0 N–H and O–H groups in total. The number of aromatic nitrogens is 2. The molecular formula is C23H23BrN2O6. The van der Waals surface area contributed by atoms with Gasteiger partial charge in [-0.1, -0.05) is 28.1 Å². The summed E-state index contributed by atoms with van der Waals surface area (Å²) in [5.74, 6) is 0.476. The molecule has 0 spiro atoms. The highest BCUT2D eigenvalue weighted by Crippen LogP contribution is 2.30. The molecule has 168 valence electrons. The second-order valence-corrected chi connectivity index (χ2v) is 8.49. The number of carbonyl (C=O) groups excluding carboxylic acids is 1. The van der Waals surface area contributed by atoms with E-state index in [4.69, 9.17) is 14.2 Å². The van der Waals surface area contributed by atoms with Crippen molar-refractivity contribution in [2.45, 2.75) is 32.0 Å². The average Bonchev–Trinajstić information content (AvgIpc) is 3.32. The van der Waals surface area contributed by atoms with Crippen LogP contribution in [-0.4, -0.2) is 41.8 Å². The third-order valence-electron chi connectivity index (χ3n) is 5.61. The van der Waals surface area contributed by atoms with E-state index in [0.717, 1.165) is 21.9 Å². The molecule has 2 heterocycles. The molecule has 0 aliphatic carbocycles. The minimum absolute atomic E-state index is 0.133. The van der Waals surface area contributed by atoms with E-state index in [1.807, 2.05) is 0 Å². The van der Waals surface area contributed by atoms with E-state index in [9.17, 15) is 14.4 Å². The van der Waals surface area contributed by atoms with E-state index >= 15 is 0 Å². The van der Waals surface area contributed by atoms with Crippen molar-refractivity contribution in [3.05, 3.63) is 67.3 Å². The highest BCUT2D eigenvalue weighted by molar-refractivity contribution is 9.10. The SMILES string of the molecule is COc1cc2c(=O)n(C[C@H]3CCCO3)c(=O)n(CC(=O)c3ccc(Br)cc3)c2cc1OC. The Morgan fingerprint density at radius 1 is 1.09 bits per heavy atom. The highest BCUT2D eigenvalue weighted by Gasteiger charge is 2.23. The zero-order valence-corrected chi connectivity index (χ0v) is 19.4. The van der Waals surface area contributed by atoms with E-state index in [0.29, 0.717) is 29.2 Å². The van der Waals surface area contributed by atoms with Crippen molar-refractivity contribution in [2.75, 3.05) is 20.8 Å². The molecule has 0 amide bonds. The molecule has 0 saturated carbocycles. The number of ketones is 1. The Morgan fingerprint density at radius 2 is 1.78 bits per heavy atom. The van der Waals surface area contributed by atoms with Crippen molar-refractivity contribution < 1.29 is 19.0 Å². The van der Waals surface area contributed by atoms with Crippen molar-refractivity contribution >= 4 is 32.6 Å². The highest BCUT2D eigenvalue weighted by atomic mass is 79.9. The third-order valence-corrected chi connectivity index (χ3v) is 6.14. The largest absolute Gasteiger partial charge is 0.493 e. The van der Waals surface area contributed by atoms with Gasteiger partial charge in [-0.3, -0.25) is 18.7 Å². The van der Waals surface area contributed by atoms with Gasteiger partial charge in [-0.05, 0) is 31.0 Å². The number of methoxy groups -OCH3 is 2. The van der Waals surface area contributed by atoms with Crippen LogP contribution in [0.5, 0.6) is 11.5 Å². The van der Waals surface area contributed by atoms with Crippen LogP contribution in [0.1, 0.15) is 23.2 Å². The Kier molecular flexibility index (Phi) is 6.48. The summed E-state index contributed by atoms with van der Waals surface area (Å²) in [5.41, 5.74) is -0.234. The molecule has 9 heteroatoms. The van der Waals surface area contributed by atoms with E-state index < -0.39 is 11.2 Å². The molecule has 0 unspecified atom stereocenters. The summed E-state index contributed by atoms with van der Waals surface area (Å²) in [7, 11) is 2.94. The van der Waals surface area contributed by atoms with Crippen molar-refractivity contribution in [3.63, 3.8) is 0 Å². The van der Waals surface area contributed by atoms with Gasteiger partial charge >= 0.3 is 5.69 Å². The Hall–Kier alpha value is -2.91. The number of hydrogen-bond acceptors (Lipinski definition) is 6. The maximum absolute atomic E-state index is 13.4. The van der Waals surface area contributed by atoms with Crippen LogP contribution in [0.2, 0.25) is 0 Å². The predicted molar refractivity (Wildman–Crippen MR) is 123 cm³/mol. The quantitative estimate of drug-likeness (QED) is 0.461. The maximum atomic E-state index is 13.4. The number of ether oxygens (including phenoxy) is 3. The third kappa shape index (κ3) is 4.22. The minimum Gasteiger partial charge on any atom is -0.493 e. The fourth-order valence-electron chi connectivity index (χ4n) is 3.92. The normalized spacial score (nSPS) is 15.8. The van der Waals surface area contributed by atoms with Crippen LogP contribution in [0.25, 0.3) is 10.9 Å². The van der Waals surface area contributed by atoms with Crippen molar-refractivity contribution in [3.8, 4) is 11.5 Å². The Balaban J connectivity index is 1.89. The van der Waals surface area contributed by atoms with Gasteiger partial charge in [0.15, 0.2) is 17.3 Å². The molecular weight excluding hydrogens is 480 g/mol. The summed E-state index contributed by atoms with van der Waals surface area (Å²) in [6.07, 6.45) is 1.44. The number of carbonyl (C=O) groups is 1. The monoisotopic (exact) mass is 502 g/mol. The fourth-order valence-corrected chi connectivity index (χ4v) is 4.18. The van der Waals surface area contributed by atoms with Crippen LogP contribution in [0, 0.1) is 0 Å². The minimum atomic E-state index is -0.560.